The molecule has 36 heavy (non-hydrogen) atoms. The normalized spacial score (nSPS) is 12.3. The number of benzene rings is 1. The molecule has 0 aliphatic carbocycles. The van der Waals surface area contributed by atoms with E-state index in [0.29, 0.717) is 23.8 Å². The second-order valence-electron chi connectivity index (χ2n) is 10.4. The summed E-state index contributed by atoms with van der Waals surface area (Å²) in [5, 5.41) is 0.919. The highest BCUT2D eigenvalue weighted by atomic mass is 32.1. The second kappa shape index (κ2) is 10.2. The average Bonchev–Trinajstić information content (AvgIpc) is 3.44. The van der Waals surface area contributed by atoms with Crippen LogP contribution in [0.15, 0.2) is 48.9 Å². The van der Waals surface area contributed by atoms with Crippen LogP contribution in [0.5, 0.6) is 5.75 Å². The molecule has 4 aromatic rings. The maximum absolute atomic E-state index is 12.2. The first-order valence-electron chi connectivity index (χ1n) is 12.1. The maximum Gasteiger partial charge on any atom is 0.262 e. The maximum atomic E-state index is 12.2. The van der Waals surface area contributed by atoms with Gasteiger partial charge in [-0.1, -0.05) is 52.0 Å². The molecular formula is C27H34N4O3SSi. The van der Waals surface area contributed by atoms with Crippen LogP contribution in [0.1, 0.15) is 54.2 Å². The van der Waals surface area contributed by atoms with Gasteiger partial charge in [-0.3, -0.25) is 14.3 Å². The number of amides is 1. The van der Waals surface area contributed by atoms with E-state index in [1.165, 1.54) is 16.9 Å². The van der Waals surface area contributed by atoms with Crippen LogP contribution >= 0.6 is 11.3 Å². The molecule has 2 N–H and O–H groups in total. The number of fused-ring (bicyclic) bond motifs is 1. The largest absolute Gasteiger partial charge is 0.487 e. The molecule has 0 aliphatic heterocycles. The molecule has 0 unspecified atom stereocenters. The van der Waals surface area contributed by atoms with Crippen molar-refractivity contribution in [2.75, 3.05) is 0 Å². The molecule has 190 valence electrons. The zero-order chi connectivity index (χ0) is 26.1. The van der Waals surface area contributed by atoms with Crippen LogP contribution in [0, 0.1) is 0 Å². The summed E-state index contributed by atoms with van der Waals surface area (Å²) in [5.41, 5.74) is 10.5. The summed E-state index contributed by atoms with van der Waals surface area (Å²) in [7, 11) is -1.91. The monoisotopic (exact) mass is 522 g/mol. The van der Waals surface area contributed by atoms with Crippen molar-refractivity contribution in [1.29, 1.82) is 0 Å². The van der Waals surface area contributed by atoms with Gasteiger partial charge in [0.05, 0.1) is 24.0 Å². The molecule has 0 bridgehead atoms. The van der Waals surface area contributed by atoms with E-state index in [0.717, 1.165) is 33.7 Å². The molecule has 7 nitrogen and oxygen atoms in total. The number of carbonyl (C=O) groups is 1. The molecule has 3 heterocycles. The molecule has 0 saturated carbocycles. The van der Waals surface area contributed by atoms with E-state index in [-0.39, 0.29) is 5.04 Å². The van der Waals surface area contributed by atoms with Crippen LogP contribution < -0.4 is 10.5 Å². The average molecular weight is 523 g/mol. The van der Waals surface area contributed by atoms with Crippen LogP contribution in [0.4, 0.5) is 0 Å². The molecular weight excluding hydrogens is 488 g/mol. The van der Waals surface area contributed by atoms with Crippen LogP contribution in [-0.4, -0.2) is 28.8 Å². The molecule has 0 aliphatic rings. The number of hydrogen-bond acceptors (Lipinski definition) is 6. The number of nitrogens with two attached hydrogens (primary N) is 1. The Kier molecular flexibility index (Phi) is 7.35. The summed E-state index contributed by atoms with van der Waals surface area (Å²) in [6.45, 7) is 14.0. The zero-order valence-corrected chi connectivity index (χ0v) is 23.6. The quantitative estimate of drug-likeness (QED) is 0.263. The lowest BCUT2D eigenvalue weighted by Gasteiger charge is -2.36. The molecule has 1 aromatic carbocycles. The predicted molar refractivity (Wildman–Crippen MR) is 147 cm³/mol. The van der Waals surface area contributed by atoms with Crippen LogP contribution in [0.3, 0.4) is 0 Å². The predicted octanol–water partition coefficient (Wildman–Crippen LogP) is 6.24. The van der Waals surface area contributed by atoms with Gasteiger partial charge in [0.25, 0.3) is 5.91 Å². The third-order valence-electron chi connectivity index (χ3n) is 6.91. The molecule has 0 saturated heterocycles. The number of aromatic nitrogens is 3. The lowest BCUT2D eigenvalue weighted by molar-refractivity contribution is 0.1000. The van der Waals surface area contributed by atoms with Gasteiger partial charge in [0, 0.05) is 6.07 Å². The summed E-state index contributed by atoms with van der Waals surface area (Å²) in [5.74, 6) is -0.0367. The Morgan fingerprint density at radius 3 is 2.50 bits per heavy atom. The number of thiophene rings is 1. The van der Waals surface area contributed by atoms with Gasteiger partial charge in [-0.15, -0.1) is 11.3 Å². The Labute approximate surface area is 217 Å². The van der Waals surface area contributed by atoms with Crippen molar-refractivity contribution in [1.82, 2.24) is 14.5 Å². The second-order valence-corrected chi connectivity index (χ2v) is 16.2. The van der Waals surface area contributed by atoms with Gasteiger partial charge in [0.15, 0.2) is 8.32 Å². The van der Waals surface area contributed by atoms with Gasteiger partial charge in [-0.2, -0.15) is 0 Å². The summed E-state index contributed by atoms with van der Waals surface area (Å²) < 4.78 is 14.4. The SMILES string of the molecule is CCc1ccccc1COc1cc(-n2cnc3cnc(CO[Si](C)(C)C(C)(C)C)cc32)sc1C(N)=O. The highest BCUT2D eigenvalue weighted by Gasteiger charge is 2.37. The number of ether oxygens (including phenoxy) is 1. The van der Waals surface area contributed by atoms with Gasteiger partial charge < -0.3 is 14.9 Å². The number of imidazole rings is 1. The third-order valence-corrected chi connectivity index (χ3v) is 12.5. The minimum absolute atomic E-state index is 0.120. The molecule has 9 heteroatoms. The van der Waals surface area contributed by atoms with Crippen LogP contribution in [-0.2, 0) is 24.1 Å². The van der Waals surface area contributed by atoms with Crippen LogP contribution in [0.2, 0.25) is 18.1 Å². The minimum Gasteiger partial charge on any atom is -0.487 e. The first kappa shape index (κ1) is 26.1. The van der Waals surface area contributed by atoms with Crippen molar-refractivity contribution in [2.24, 2.45) is 5.73 Å². The van der Waals surface area contributed by atoms with E-state index in [1.807, 2.05) is 34.9 Å². The van der Waals surface area contributed by atoms with Gasteiger partial charge in [-0.25, -0.2) is 4.98 Å². The van der Waals surface area contributed by atoms with Crippen molar-refractivity contribution in [3.8, 4) is 10.8 Å². The summed E-state index contributed by atoms with van der Waals surface area (Å²) in [4.78, 5) is 21.7. The fraction of sp³-hybridized carbons (Fsp3) is 0.370. The molecule has 0 radical (unpaired) electrons. The van der Waals surface area contributed by atoms with Gasteiger partial charge in [0.2, 0.25) is 0 Å². The number of carbonyl (C=O) groups excluding carboxylic acids is 1. The standard InChI is InChI=1S/C27H34N4O3SSi/c1-7-18-10-8-9-11-19(18)15-33-23-13-24(35-25(23)26(28)32)31-17-30-21-14-29-20(12-22(21)31)16-34-36(5,6)27(2,3)4/h8-14,17H,7,15-16H2,1-6H3,(H2,28,32). The summed E-state index contributed by atoms with van der Waals surface area (Å²) in [6, 6.07) is 12.0. The number of pyridine rings is 1. The number of primary amides is 1. The van der Waals surface area contributed by atoms with Crippen molar-refractivity contribution in [2.45, 2.75) is 65.5 Å². The smallest absolute Gasteiger partial charge is 0.262 e. The molecule has 3 aromatic heterocycles. The highest BCUT2D eigenvalue weighted by molar-refractivity contribution is 7.16. The lowest BCUT2D eigenvalue weighted by atomic mass is 10.1. The molecule has 0 atom stereocenters. The number of aryl methyl sites for hydroxylation is 1. The number of rotatable bonds is 9. The Bertz CT molecular complexity index is 1390. The number of hydrogen-bond donors (Lipinski definition) is 1. The van der Waals surface area contributed by atoms with Gasteiger partial charge >= 0.3 is 0 Å². The van der Waals surface area contributed by atoms with E-state index < -0.39 is 14.2 Å². The van der Waals surface area contributed by atoms with E-state index in [4.69, 9.17) is 14.9 Å². The first-order chi connectivity index (χ1) is 17.0. The van der Waals surface area contributed by atoms with E-state index >= 15 is 0 Å². The van der Waals surface area contributed by atoms with Crippen molar-refractivity contribution in [3.05, 3.63) is 70.6 Å². The highest BCUT2D eigenvalue weighted by Crippen LogP contribution is 2.37. The minimum atomic E-state index is -1.91. The molecule has 4 rings (SSSR count). The fourth-order valence-electron chi connectivity index (χ4n) is 3.64. The topological polar surface area (TPSA) is 92.3 Å². The van der Waals surface area contributed by atoms with E-state index in [9.17, 15) is 4.79 Å². The zero-order valence-electron chi connectivity index (χ0n) is 21.8. The summed E-state index contributed by atoms with van der Waals surface area (Å²) in [6.07, 6.45) is 4.41. The Morgan fingerprint density at radius 1 is 1.11 bits per heavy atom. The Hall–Kier alpha value is -3.01. The van der Waals surface area contributed by atoms with Crippen molar-refractivity contribution >= 4 is 36.6 Å². The van der Waals surface area contributed by atoms with Gasteiger partial charge in [-0.05, 0) is 41.7 Å². The lowest BCUT2D eigenvalue weighted by Crippen LogP contribution is -2.40. The first-order valence-corrected chi connectivity index (χ1v) is 15.8. The number of nitrogens with zero attached hydrogens (tertiary/aromatic N) is 3. The third kappa shape index (κ3) is 5.38. The van der Waals surface area contributed by atoms with Crippen molar-refractivity contribution < 1.29 is 14.0 Å². The fourth-order valence-corrected chi connectivity index (χ4v) is 5.52. The van der Waals surface area contributed by atoms with Crippen molar-refractivity contribution in [3.63, 3.8) is 0 Å². The Morgan fingerprint density at radius 2 is 1.83 bits per heavy atom. The molecule has 1 amide bonds. The Balaban J connectivity index is 1.62. The van der Waals surface area contributed by atoms with E-state index in [2.05, 4.69) is 56.8 Å². The van der Waals surface area contributed by atoms with Gasteiger partial charge in [0.1, 0.15) is 34.1 Å². The molecule has 0 spiro atoms. The van der Waals surface area contributed by atoms with Crippen LogP contribution in [0.25, 0.3) is 16.0 Å². The molecule has 0 fully saturated rings. The summed E-state index contributed by atoms with van der Waals surface area (Å²) >= 11 is 1.29. The van der Waals surface area contributed by atoms with E-state index in [1.54, 1.807) is 12.5 Å².